The zero-order valence-corrected chi connectivity index (χ0v) is 9.82. The summed E-state index contributed by atoms with van der Waals surface area (Å²) in [6.45, 7) is 12.2. The number of hydrogen-bond acceptors (Lipinski definition) is 1. The molecular weight excluding hydrogens is 162 g/mol. The fourth-order valence-corrected chi connectivity index (χ4v) is 0.725. The van der Waals surface area contributed by atoms with Crippen LogP contribution in [0.4, 0.5) is 0 Å². The lowest BCUT2D eigenvalue weighted by molar-refractivity contribution is -0.131. The number of hydrogen-bond donors (Lipinski definition) is 1. The largest absolute Gasteiger partial charge is 0.351 e. The van der Waals surface area contributed by atoms with Crippen LogP contribution in [0.5, 0.6) is 0 Å². The molecule has 0 aliphatic carbocycles. The maximum absolute atomic E-state index is 11.8. The molecule has 0 aliphatic rings. The van der Waals surface area contributed by atoms with Gasteiger partial charge in [0.1, 0.15) is 0 Å². The molecule has 78 valence electrons. The van der Waals surface area contributed by atoms with E-state index in [1.807, 2.05) is 20.8 Å². The second-order valence-electron chi connectivity index (χ2n) is 4.93. The van der Waals surface area contributed by atoms with Crippen molar-refractivity contribution in [2.45, 2.75) is 59.9 Å². The van der Waals surface area contributed by atoms with E-state index >= 15 is 0 Å². The van der Waals surface area contributed by atoms with Gasteiger partial charge < -0.3 is 5.32 Å². The van der Waals surface area contributed by atoms with Gasteiger partial charge in [0.25, 0.3) is 0 Å². The third-order valence-electron chi connectivity index (χ3n) is 2.83. The summed E-state index contributed by atoms with van der Waals surface area (Å²) in [6, 6.07) is 0. The molecule has 2 nitrogen and oxygen atoms in total. The molecule has 0 atom stereocenters. The maximum atomic E-state index is 11.8. The molecule has 0 aromatic heterocycles. The van der Waals surface area contributed by atoms with Gasteiger partial charge in [-0.3, -0.25) is 4.79 Å². The van der Waals surface area contributed by atoms with E-state index < -0.39 is 0 Å². The minimum Gasteiger partial charge on any atom is -0.351 e. The number of rotatable bonds is 4. The Balaban J connectivity index is 4.31. The summed E-state index contributed by atoms with van der Waals surface area (Å²) in [5.74, 6) is 0.154. The molecule has 0 radical (unpaired) electrons. The summed E-state index contributed by atoms with van der Waals surface area (Å²) >= 11 is 0. The first-order valence-electron chi connectivity index (χ1n) is 5.08. The summed E-state index contributed by atoms with van der Waals surface area (Å²) < 4.78 is 0. The minimum atomic E-state index is -0.244. The highest BCUT2D eigenvalue weighted by atomic mass is 16.2. The van der Waals surface area contributed by atoms with Gasteiger partial charge in [0.15, 0.2) is 0 Å². The van der Waals surface area contributed by atoms with Crippen LogP contribution in [0.1, 0.15) is 54.4 Å². The fraction of sp³-hybridized carbons (Fsp3) is 0.909. The predicted octanol–water partition coefficient (Wildman–Crippen LogP) is 2.73. The predicted molar refractivity (Wildman–Crippen MR) is 56.6 cm³/mol. The Hall–Kier alpha value is -0.530. The van der Waals surface area contributed by atoms with Crippen LogP contribution in [-0.2, 0) is 4.79 Å². The molecule has 0 rings (SSSR count). The summed E-state index contributed by atoms with van der Waals surface area (Å²) in [5.41, 5.74) is -0.323. The number of nitrogens with one attached hydrogen (secondary N) is 1. The van der Waals surface area contributed by atoms with Crippen molar-refractivity contribution in [2.75, 3.05) is 0 Å². The fourth-order valence-electron chi connectivity index (χ4n) is 0.725. The number of carbonyl (C=O) groups excluding carboxylic acids is 1. The highest BCUT2D eigenvalue weighted by Gasteiger charge is 2.29. The summed E-state index contributed by atoms with van der Waals surface area (Å²) in [7, 11) is 0. The molecule has 0 aromatic carbocycles. The third-order valence-corrected chi connectivity index (χ3v) is 2.83. The van der Waals surface area contributed by atoms with Gasteiger partial charge in [-0.15, -0.1) is 0 Å². The van der Waals surface area contributed by atoms with E-state index in [2.05, 4.69) is 26.1 Å². The van der Waals surface area contributed by atoms with Gasteiger partial charge in [0.2, 0.25) is 5.91 Å². The molecule has 13 heavy (non-hydrogen) atoms. The van der Waals surface area contributed by atoms with Crippen molar-refractivity contribution in [3.63, 3.8) is 0 Å². The Bertz CT molecular complexity index is 183. The van der Waals surface area contributed by atoms with Crippen molar-refractivity contribution < 1.29 is 4.79 Å². The molecule has 0 heterocycles. The molecule has 0 fully saturated rings. The van der Waals surface area contributed by atoms with Gasteiger partial charge in [-0.1, -0.05) is 27.7 Å². The highest BCUT2D eigenvalue weighted by Crippen LogP contribution is 2.21. The van der Waals surface area contributed by atoms with E-state index in [4.69, 9.17) is 0 Å². The van der Waals surface area contributed by atoms with Gasteiger partial charge in [0, 0.05) is 11.0 Å². The zero-order chi connectivity index (χ0) is 10.7. The summed E-state index contributed by atoms with van der Waals surface area (Å²) in [5, 5.41) is 3.06. The van der Waals surface area contributed by atoms with E-state index in [0.717, 1.165) is 12.8 Å². The Kier molecular flexibility index (Phi) is 3.95. The smallest absolute Gasteiger partial charge is 0.226 e. The Morgan fingerprint density at radius 2 is 1.54 bits per heavy atom. The molecule has 0 aromatic rings. The zero-order valence-electron chi connectivity index (χ0n) is 9.82. The molecule has 0 aliphatic heterocycles. The molecule has 0 bridgehead atoms. The topological polar surface area (TPSA) is 29.1 Å². The van der Waals surface area contributed by atoms with Crippen molar-refractivity contribution in [3.8, 4) is 0 Å². The lowest BCUT2D eigenvalue weighted by Gasteiger charge is -2.30. The number of amides is 1. The Morgan fingerprint density at radius 3 is 1.85 bits per heavy atom. The van der Waals surface area contributed by atoms with Gasteiger partial charge >= 0.3 is 0 Å². The number of carbonyl (C=O) groups is 1. The molecular formula is C11H23NO. The van der Waals surface area contributed by atoms with Crippen LogP contribution in [0.15, 0.2) is 0 Å². The van der Waals surface area contributed by atoms with E-state index in [-0.39, 0.29) is 16.9 Å². The van der Waals surface area contributed by atoms with Gasteiger partial charge in [-0.05, 0) is 26.7 Å². The average molecular weight is 185 g/mol. The molecule has 1 N–H and O–H groups in total. The van der Waals surface area contributed by atoms with Gasteiger partial charge in [0.05, 0.1) is 0 Å². The normalized spacial score (nSPS) is 12.8. The van der Waals surface area contributed by atoms with E-state index in [1.165, 1.54) is 0 Å². The molecule has 2 heteroatoms. The standard InChI is InChI=1S/C11H23NO/c1-7-10(3,4)9(13)12-11(5,6)8-2/h7-8H2,1-6H3,(H,12,13). The van der Waals surface area contributed by atoms with Crippen LogP contribution < -0.4 is 5.32 Å². The first kappa shape index (κ1) is 12.5. The maximum Gasteiger partial charge on any atom is 0.226 e. The van der Waals surface area contributed by atoms with Crippen LogP contribution in [0.25, 0.3) is 0 Å². The Labute approximate surface area is 82.1 Å². The lowest BCUT2D eigenvalue weighted by Crippen LogP contribution is -2.48. The van der Waals surface area contributed by atoms with Crippen LogP contribution in [0, 0.1) is 5.41 Å². The molecule has 0 unspecified atom stereocenters. The van der Waals surface area contributed by atoms with Crippen molar-refractivity contribution in [2.24, 2.45) is 5.41 Å². The third kappa shape index (κ3) is 3.79. The van der Waals surface area contributed by atoms with Gasteiger partial charge in [-0.2, -0.15) is 0 Å². The van der Waals surface area contributed by atoms with Crippen LogP contribution >= 0.6 is 0 Å². The van der Waals surface area contributed by atoms with E-state index in [1.54, 1.807) is 0 Å². The van der Waals surface area contributed by atoms with Crippen molar-refractivity contribution >= 4 is 5.91 Å². The second-order valence-corrected chi connectivity index (χ2v) is 4.93. The van der Waals surface area contributed by atoms with Crippen molar-refractivity contribution in [1.29, 1.82) is 0 Å². The first-order chi connectivity index (χ1) is 5.75. The Morgan fingerprint density at radius 1 is 1.08 bits per heavy atom. The van der Waals surface area contributed by atoms with Gasteiger partial charge in [-0.25, -0.2) is 0 Å². The average Bonchev–Trinajstić information content (AvgIpc) is 2.04. The summed E-state index contributed by atoms with van der Waals surface area (Å²) in [4.78, 5) is 11.8. The van der Waals surface area contributed by atoms with Crippen LogP contribution in [0.3, 0.4) is 0 Å². The molecule has 0 saturated heterocycles. The molecule has 0 saturated carbocycles. The SMILES string of the molecule is CCC(C)(C)NC(=O)C(C)(C)CC. The highest BCUT2D eigenvalue weighted by molar-refractivity contribution is 5.82. The van der Waals surface area contributed by atoms with E-state index in [0.29, 0.717) is 0 Å². The molecule has 1 amide bonds. The van der Waals surface area contributed by atoms with Crippen molar-refractivity contribution in [1.82, 2.24) is 5.32 Å². The first-order valence-corrected chi connectivity index (χ1v) is 5.08. The minimum absolute atomic E-state index is 0.0798. The second kappa shape index (κ2) is 4.12. The van der Waals surface area contributed by atoms with Crippen LogP contribution in [-0.4, -0.2) is 11.4 Å². The lowest BCUT2D eigenvalue weighted by atomic mass is 9.87. The molecule has 0 spiro atoms. The van der Waals surface area contributed by atoms with Crippen LogP contribution in [0.2, 0.25) is 0 Å². The summed E-state index contributed by atoms with van der Waals surface area (Å²) in [6.07, 6.45) is 1.83. The van der Waals surface area contributed by atoms with Crippen molar-refractivity contribution in [3.05, 3.63) is 0 Å². The van der Waals surface area contributed by atoms with E-state index in [9.17, 15) is 4.79 Å². The monoisotopic (exact) mass is 185 g/mol. The quantitative estimate of drug-likeness (QED) is 0.717.